The molecule has 3 unspecified atom stereocenters. The van der Waals surface area contributed by atoms with E-state index >= 15 is 0 Å². The number of fused-ring (bicyclic) bond motifs is 1. The molecule has 104 valence electrons. The number of hydrogen-bond donors (Lipinski definition) is 2. The molecule has 1 fully saturated rings. The molecular weight excluding hydrogens is 234 g/mol. The van der Waals surface area contributed by atoms with Gasteiger partial charge in [-0.3, -0.25) is 0 Å². The van der Waals surface area contributed by atoms with Crippen LogP contribution >= 0.6 is 0 Å². The Labute approximate surface area is 116 Å². The summed E-state index contributed by atoms with van der Waals surface area (Å²) in [6, 6.07) is 9.41. The Hall–Kier alpha value is -0.860. The van der Waals surface area contributed by atoms with Crippen LogP contribution in [0, 0.1) is 5.92 Å². The monoisotopic (exact) mass is 259 g/mol. The molecule has 2 aliphatic carbocycles. The normalized spacial score (nSPS) is 30.9. The summed E-state index contributed by atoms with van der Waals surface area (Å²) in [5.74, 6) is 0.478. The predicted molar refractivity (Wildman–Crippen MR) is 78.2 cm³/mol. The minimum Gasteiger partial charge on any atom is -0.393 e. The van der Waals surface area contributed by atoms with Crippen LogP contribution in [0.4, 0.5) is 0 Å². The van der Waals surface area contributed by atoms with Crippen molar-refractivity contribution in [1.29, 1.82) is 0 Å². The van der Waals surface area contributed by atoms with Gasteiger partial charge in [-0.2, -0.15) is 0 Å². The molecule has 3 rings (SSSR count). The minimum absolute atomic E-state index is 0.0721. The summed E-state index contributed by atoms with van der Waals surface area (Å²) in [5, 5.41) is 13.7. The van der Waals surface area contributed by atoms with Crippen molar-refractivity contribution in [2.24, 2.45) is 5.92 Å². The van der Waals surface area contributed by atoms with Crippen molar-refractivity contribution in [1.82, 2.24) is 5.32 Å². The van der Waals surface area contributed by atoms with Gasteiger partial charge in [-0.05, 0) is 49.1 Å². The molecule has 0 aromatic heterocycles. The zero-order chi connectivity index (χ0) is 13.1. The number of rotatable bonds is 3. The number of benzene rings is 1. The predicted octanol–water partition coefficient (Wildman–Crippen LogP) is 2.68. The molecule has 0 saturated heterocycles. The molecule has 2 nitrogen and oxygen atoms in total. The van der Waals surface area contributed by atoms with Crippen molar-refractivity contribution in [2.45, 2.75) is 57.1 Å². The van der Waals surface area contributed by atoms with Crippen LogP contribution in [0.5, 0.6) is 0 Å². The molecule has 0 radical (unpaired) electrons. The maximum absolute atomic E-state index is 10.0. The van der Waals surface area contributed by atoms with Crippen molar-refractivity contribution in [3.8, 4) is 0 Å². The van der Waals surface area contributed by atoms with Crippen molar-refractivity contribution >= 4 is 0 Å². The maximum atomic E-state index is 10.0. The van der Waals surface area contributed by atoms with Crippen LogP contribution in [-0.2, 0) is 12.8 Å². The molecule has 3 atom stereocenters. The van der Waals surface area contributed by atoms with Gasteiger partial charge >= 0.3 is 0 Å². The highest BCUT2D eigenvalue weighted by atomic mass is 16.3. The second-order valence-corrected chi connectivity index (χ2v) is 6.23. The quantitative estimate of drug-likeness (QED) is 0.874. The highest BCUT2D eigenvalue weighted by Gasteiger charge is 2.24. The molecular formula is C17H25NO. The first kappa shape index (κ1) is 13.1. The molecule has 0 bridgehead atoms. The standard InChI is InChI=1S/C17H25NO/c19-17-8-4-3-7-15(17)12-18-16-10-9-13-5-1-2-6-14(13)11-16/h1-2,5-6,15-19H,3-4,7-12H2. The largest absolute Gasteiger partial charge is 0.393 e. The molecule has 2 heteroatoms. The average molecular weight is 259 g/mol. The molecule has 19 heavy (non-hydrogen) atoms. The van der Waals surface area contributed by atoms with Gasteiger partial charge in [0, 0.05) is 12.6 Å². The lowest BCUT2D eigenvalue weighted by atomic mass is 9.85. The average Bonchev–Trinajstić information content (AvgIpc) is 2.46. The van der Waals surface area contributed by atoms with E-state index in [1.165, 1.54) is 43.2 Å². The summed E-state index contributed by atoms with van der Waals surface area (Å²) in [4.78, 5) is 0. The lowest BCUT2D eigenvalue weighted by Gasteiger charge is -2.31. The Morgan fingerprint density at radius 2 is 1.84 bits per heavy atom. The summed E-state index contributed by atoms with van der Waals surface area (Å²) in [6.07, 6.45) is 8.19. The van der Waals surface area contributed by atoms with E-state index in [0.29, 0.717) is 12.0 Å². The summed E-state index contributed by atoms with van der Waals surface area (Å²) >= 11 is 0. The minimum atomic E-state index is -0.0721. The van der Waals surface area contributed by atoms with E-state index in [-0.39, 0.29) is 6.10 Å². The van der Waals surface area contributed by atoms with E-state index in [9.17, 15) is 5.11 Å². The van der Waals surface area contributed by atoms with Gasteiger partial charge in [0.15, 0.2) is 0 Å². The summed E-state index contributed by atoms with van der Waals surface area (Å²) in [6.45, 7) is 0.994. The van der Waals surface area contributed by atoms with Crippen LogP contribution in [0.2, 0.25) is 0 Å². The second kappa shape index (κ2) is 6.06. The van der Waals surface area contributed by atoms with Gasteiger partial charge < -0.3 is 10.4 Å². The summed E-state index contributed by atoms with van der Waals surface area (Å²) in [5.41, 5.74) is 3.04. The van der Waals surface area contributed by atoms with Crippen LogP contribution in [-0.4, -0.2) is 23.8 Å². The maximum Gasteiger partial charge on any atom is 0.0580 e. The Morgan fingerprint density at radius 1 is 1.05 bits per heavy atom. The van der Waals surface area contributed by atoms with Crippen molar-refractivity contribution < 1.29 is 5.11 Å². The molecule has 1 aromatic carbocycles. The van der Waals surface area contributed by atoms with E-state index < -0.39 is 0 Å². The fraction of sp³-hybridized carbons (Fsp3) is 0.647. The Kier molecular flexibility index (Phi) is 4.19. The SMILES string of the molecule is OC1CCCCC1CNC1CCc2ccccc2C1. The zero-order valence-electron chi connectivity index (χ0n) is 11.6. The Balaban J connectivity index is 1.52. The third-order valence-corrected chi connectivity index (χ3v) is 4.88. The van der Waals surface area contributed by atoms with Crippen molar-refractivity contribution in [3.05, 3.63) is 35.4 Å². The molecule has 1 saturated carbocycles. The summed E-state index contributed by atoms with van der Waals surface area (Å²) in [7, 11) is 0. The van der Waals surface area contributed by atoms with E-state index in [1.54, 1.807) is 0 Å². The van der Waals surface area contributed by atoms with Gasteiger partial charge in [0.05, 0.1) is 6.10 Å². The first-order chi connectivity index (χ1) is 9.33. The number of aryl methyl sites for hydroxylation is 1. The van der Waals surface area contributed by atoms with E-state index in [4.69, 9.17) is 0 Å². The molecule has 0 amide bonds. The lowest BCUT2D eigenvalue weighted by molar-refractivity contribution is 0.0678. The van der Waals surface area contributed by atoms with Crippen molar-refractivity contribution in [3.63, 3.8) is 0 Å². The van der Waals surface area contributed by atoms with Gasteiger partial charge in [0.1, 0.15) is 0 Å². The fourth-order valence-corrected chi connectivity index (χ4v) is 3.62. The smallest absolute Gasteiger partial charge is 0.0580 e. The van der Waals surface area contributed by atoms with Gasteiger partial charge in [-0.15, -0.1) is 0 Å². The second-order valence-electron chi connectivity index (χ2n) is 6.23. The van der Waals surface area contributed by atoms with Crippen LogP contribution in [0.25, 0.3) is 0 Å². The van der Waals surface area contributed by atoms with Gasteiger partial charge in [0.2, 0.25) is 0 Å². The van der Waals surface area contributed by atoms with E-state index in [0.717, 1.165) is 19.4 Å². The third kappa shape index (κ3) is 3.18. The molecule has 0 aliphatic heterocycles. The number of aliphatic hydroxyl groups excluding tert-OH is 1. The Bertz CT molecular complexity index is 417. The first-order valence-corrected chi connectivity index (χ1v) is 7.81. The molecule has 2 N–H and O–H groups in total. The molecule has 0 heterocycles. The van der Waals surface area contributed by atoms with Crippen molar-refractivity contribution in [2.75, 3.05) is 6.54 Å². The lowest BCUT2D eigenvalue weighted by Crippen LogP contribution is -2.41. The first-order valence-electron chi connectivity index (χ1n) is 7.81. The van der Waals surface area contributed by atoms with E-state index in [2.05, 4.69) is 29.6 Å². The fourth-order valence-electron chi connectivity index (χ4n) is 3.62. The number of nitrogens with one attached hydrogen (secondary N) is 1. The number of hydrogen-bond acceptors (Lipinski definition) is 2. The van der Waals surface area contributed by atoms with E-state index in [1.807, 2.05) is 0 Å². The van der Waals surface area contributed by atoms with Gasteiger partial charge in [-0.25, -0.2) is 0 Å². The molecule has 1 aromatic rings. The Morgan fingerprint density at radius 3 is 2.68 bits per heavy atom. The van der Waals surface area contributed by atoms with Crippen LogP contribution in [0.1, 0.15) is 43.2 Å². The topological polar surface area (TPSA) is 32.3 Å². The highest BCUT2D eigenvalue weighted by molar-refractivity contribution is 5.30. The molecule has 2 aliphatic rings. The third-order valence-electron chi connectivity index (χ3n) is 4.88. The summed E-state index contributed by atoms with van der Waals surface area (Å²) < 4.78 is 0. The van der Waals surface area contributed by atoms with Gasteiger partial charge in [-0.1, -0.05) is 37.1 Å². The van der Waals surface area contributed by atoms with Crippen LogP contribution in [0.15, 0.2) is 24.3 Å². The van der Waals surface area contributed by atoms with Gasteiger partial charge in [0.25, 0.3) is 0 Å². The van der Waals surface area contributed by atoms with Crippen LogP contribution in [0.3, 0.4) is 0 Å². The highest BCUT2D eigenvalue weighted by Crippen LogP contribution is 2.25. The number of aliphatic hydroxyl groups is 1. The zero-order valence-corrected chi connectivity index (χ0v) is 11.6. The van der Waals surface area contributed by atoms with Crippen LogP contribution < -0.4 is 5.32 Å². The molecule has 0 spiro atoms.